The lowest BCUT2D eigenvalue weighted by atomic mass is 10.1. The third kappa shape index (κ3) is 10.8. The molecule has 2 amide bonds. The van der Waals surface area contributed by atoms with Gasteiger partial charge in [0, 0.05) is 44.3 Å². The Morgan fingerprint density at radius 1 is 1.08 bits per heavy atom. The van der Waals surface area contributed by atoms with Crippen LogP contribution in [0.5, 0.6) is 6.01 Å². The molecule has 0 aliphatic carbocycles. The van der Waals surface area contributed by atoms with Gasteiger partial charge in [-0.25, -0.2) is 9.78 Å². The van der Waals surface area contributed by atoms with Gasteiger partial charge >= 0.3 is 17.7 Å². The van der Waals surface area contributed by atoms with Gasteiger partial charge < -0.3 is 35.9 Å². The summed E-state index contributed by atoms with van der Waals surface area (Å²) in [4.78, 5) is 64.7. The van der Waals surface area contributed by atoms with Crippen molar-refractivity contribution in [3.8, 4) is 6.01 Å². The second-order valence-corrected chi connectivity index (χ2v) is 12.1. The molecular formula is C31H38N10O7S. The number of ether oxygens (including phenoxy) is 2. The van der Waals surface area contributed by atoms with Crippen LogP contribution in [-0.2, 0) is 27.4 Å². The van der Waals surface area contributed by atoms with Crippen molar-refractivity contribution in [2.24, 2.45) is 5.10 Å². The van der Waals surface area contributed by atoms with Crippen molar-refractivity contribution in [3.05, 3.63) is 69.8 Å². The Balaban J connectivity index is 1.23. The number of amides is 2. The first kappa shape index (κ1) is 36.3. The number of carboxylic acids is 1. The van der Waals surface area contributed by atoms with E-state index in [1.54, 1.807) is 36.4 Å². The lowest BCUT2D eigenvalue weighted by Gasteiger charge is -2.13. The number of nitrogen functional groups attached to an aromatic ring is 1. The molecule has 4 aromatic rings. The van der Waals surface area contributed by atoms with E-state index in [2.05, 4.69) is 41.1 Å². The normalized spacial score (nSPS) is 11.5. The zero-order valence-corrected chi connectivity index (χ0v) is 28.0. The van der Waals surface area contributed by atoms with E-state index in [9.17, 15) is 24.3 Å². The van der Waals surface area contributed by atoms with Crippen LogP contribution >= 0.6 is 11.8 Å². The molecule has 0 bridgehead atoms. The van der Waals surface area contributed by atoms with Crippen LogP contribution in [0.15, 0.2) is 52.5 Å². The second-order valence-electron chi connectivity index (χ2n) is 10.8. The summed E-state index contributed by atoms with van der Waals surface area (Å²) in [6.45, 7) is 4.78. The topological polar surface area (TPSA) is 241 Å². The molecule has 1 unspecified atom stereocenters. The van der Waals surface area contributed by atoms with Gasteiger partial charge in [0.1, 0.15) is 23.2 Å². The van der Waals surface area contributed by atoms with Gasteiger partial charge in [-0.2, -0.15) is 15.1 Å². The summed E-state index contributed by atoms with van der Waals surface area (Å²) in [7, 11) is 1.54. The number of H-pyrrole nitrogens is 1. The fourth-order valence-electron chi connectivity index (χ4n) is 4.29. The summed E-state index contributed by atoms with van der Waals surface area (Å²) in [5.74, 6) is -1.04. The highest BCUT2D eigenvalue weighted by atomic mass is 32.2. The van der Waals surface area contributed by atoms with Crippen LogP contribution in [0, 0.1) is 0 Å². The summed E-state index contributed by atoms with van der Waals surface area (Å²) in [5.41, 5.74) is 11.7. The highest BCUT2D eigenvalue weighted by Gasteiger charge is 2.22. The first-order chi connectivity index (χ1) is 23.5. The van der Waals surface area contributed by atoms with E-state index in [1.165, 1.54) is 17.9 Å². The van der Waals surface area contributed by atoms with Gasteiger partial charge in [-0.3, -0.25) is 24.4 Å². The Bertz CT molecular complexity index is 1840. The van der Waals surface area contributed by atoms with Gasteiger partial charge in [0.2, 0.25) is 5.91 Å². The largest absolute Gasteiger partial charge is 0.480 e. The quantitative estimate of drug-likeness (QED) is 0.0493. The van der Waals surface area contributed by atoms with Crippen molar-refractivity contribution < 1.29 is 29.0 Å². The monoisotopic (exact) mass is 694 g/mol. The minimum absolute atomic E-state index is 0.0258. The number of pyridine rings is 1. The second kappa shape index (κ2) is 17.6. The predicted molar refractivity (Wildman–Crippen MR) is 185 cm³/mol. The number of fused-ring (bicyclic) bond motifs is 1. The molecule has 0 saturated heterocycles. The number of carbonyl (C=O) groups is 3. The van der Waals surface area contributed by atoms with E-state index in [-0.39, 0.29) is 56.2 Å². The zero-order chi connectivity index (χ0) is 35.3. The zero-order valence-electron chi connectivity index (χ0n) is 27.2. The number of aromatic amines is 1. The SMILES string of the molecule is COCCOc1nc(N)c2[nH]c(=O)n(Cc3ccc(CNC(=O)CC(SCCNC(=O)c4ccc(NN=C(C)C)nc4)C(=O)O)cc3)c2n1. The number of aromatic nitrogens is 5. The summed E-state index contributed by atoms with van der Waals surface area (Å²) >= 11 is 1.06. The van der Waals surface area contributed by atoms with Crippen LogP contribution in [0.3, 0.4) is 0 Å². The number of aliphatic carboxylic acids is 1. The summed E-state index contributed by atoms with van der Waals surface area (Å²) in [6, 6.07) is 10.5. The molecule has 3 heterocycles. The maximum Gasteiger partial charge on any atom is 0.328 e. The summed E-state index contributed by atoms with van der Waals surface area (Å²) < 4.78 is 11.8. The van der Waals surface area contributed by atoms with E-state index in [0.29, 0.717) is 29.2 Å². The standard InChI is InChI=1S/C31H38N10O7S/c1-18(2)39-40-23-9-8-21(16-34-23)28(43)33-10-13-49-22(29(44)45)14-24(42)35-15-19-4-6-20(7-5-19)17-41-27-25(36-31(41)46)26(32)37-30(38-27)48-12-11-47-3/h4-9,16,22H,10-15,17H2,1-3H3,(H,33,43)(H,34,40)(H,35,42)(H,36,46)(H,44,45)(H2,32,37,38). The van der Waals surface area contributed by atoms with E-state index < -0.39 is 22.8 Å². The van der Waals surface area contributed by atoms with Gasteiger partial charge in [-0.15, -0.1) is 11.8 Å². The van der Waals surface area contributed by atoms with Crippen LogP contribution in [0.2, 0.25) is 0 Å². The minimum atomic E-state index is -1.12. The molecule has 260 valence electrons. The van der Waals surface area contributed by atoms with Crippen LogP contribution in [0.25, 0.3) is 11.2 Å². The number of methoxy groups -OCH3 is 1. The average molecular weight is 695 g/mol. The fourth-order valence-corrected chi connectivity index (χ4v) is 5.21. The highest BCUT2D eigenvalue weighted by molar-refractivity contribution is 8.00. The van der Waals surface area contributed by atoms with Gasteiger partial charge in [-0.1, -0.05) is 24.3 Å². The Morgan fingerprint density at radius 3 is 2.51 bits per heavy atom. The molecule has 0 fully saturated rings. The van der Waals surface area contributed by atoms with Gasteiger partial charge in [0.15, 0.2) is 11.5 Å². The number of imidazole rings is 1. The molecule has 17 nitrogen and oxygen atoms in total. The van der Waals surface area contributed by atoms with Crippen molar-refractivity contribution in [3.63, 3.8) is 0 Å². The average Bonchev–Trinajstić information content (AvgIpc) is 3.39. The van der Waals surface area contributed by atoms with Gasteiger partial charge in [0.05, 0.1) is 18.7 Å². The number of thioether (sulfide) groups is 1. The number of carbonyl (C=O) groups excluding carboxylic acids is 2. The maximum atomic E-state index is 12.7. The molecule has 0 aliphatic rings. The van der Waals surface area contributed by atoms with E-state index in [0.717, 1.165) is 28.6 Å². The Hall–Kier alpha value is -5.49. The van der Waals surface area contributed by atoms with Crippen LogP contribution in [-0.4, -0.2) is 91.0 Å². The number of nitrogens with zero attached hydrogens (tertiary/aromatic N) is 5. The number of hydrogen-bond donors (Lipinski definition) is 6. The first-order valence-electron chi connectivity index (χ1n) is 15.1. The Morgan fingerprint density at radius 2 is 1.84 bits per heavy atom. The van der Waals surface area contributed by atoms with Crippen LogP contribution in [0.1, 0.15) is 41.8 Å². The van der Waals surface area contributed by atoms with Crippen molar-refractivity contribution >= 4 is 58.1 Å². The lowest BCUT2D eigenvalue weighted by molar-refractivity contribution is -0.138. The van der Waals surface area contributed by atoms with Crippen LogP contribution in [0.4, 0.5) is 11.6 Å². The van der Waals surface area contributed by atoms with E-state index in [1.807, 2.05) is 13.8 Å². The maximum absolute atomic E-state index is 12.7. The molecule has 0 radical (unpaired) electrons. The molecule has 0 spiro atoms. The number of hydrazone groups is 1. The molecule has 1 aromatic carbocycles. The number of benzene rings is 1. The van der Waals surface area contributed by atoms with Crippen LogP contribution < -0.4 is 32.2 Å². The molecule has 4 rings (SSSR count). The number of anilines is 2. The number of nitrogens with one attached hydrogen (secondary N) is 4. The molecule has 3 aromatic heterocycles. The van der Waals surface area contributed by atoms with Crippen molar-refractivity contribution in [1.82, 2.24) is 35.1 Å². The third-order valence-electron chi connectivity index (χ3n) is 6.77. The number of hydrogen-bond acceptors (Lipinski definition) is 13. The van der Waals surface area contributed by atoms with Crippen molar-refractivity contribution in [2.45, 2.75) is 38.6 Å². The Labute approximate surface area is 285 Å². The predicted octanol–water partition coefficient (Wildman–Crippen LogP) is 1.60. The Kier molecular flexibility index (Phi) is 13.1. The van der Waals surface area contributed by atoms with Gasteiger partial charge in [-0.05, 0) is 37.1 Å². The summed E-state index contributed by atoms with van der Waals surface area (Å²) in [6.07, 6.45) is 1.17. The molecule has 0 saturated carbocycles. The number of carboxylic acid groups (broad SMARTS) is 1. The summed E-state index contributed by atoms with van der Waals surface area (Å²) in [5, 5.41) is 18.2. The molecule has 7 N–H and O–H groups in total. The van der Waals surface area contributed by atoms with Crippen molar-refractivity contribution in [1.29, 1.82) is 0 Å². The van der Waals surface area contributed by atoms with Gasteiger partial charge in [0.25, 0.3) is 5.91 Å². The lowest BCUT2D eigenvalue weighted by Crippen LogP contribution is -2.31. The smallest absolute Gasteiger partial charge is 0.328 e. The molecule has 0 aliphatic heterocycles. The van der Waals surface area contributed by atoms with E-state index >= 15 is 0 Å². The molecule has 1 atom stereocenters. The number of rotatable bonds is 18. The fraction of sp³-hybridized carbons (Fsp3) is 0.355. The first-order valence-corrected chi connectivity index (χ1v) is 16.2. The van der Waals surface area contributed by atoms with Crippen molar-refractivity contribution in [2.75, 3.05) is 43.8 Å². The highest BCUT2D eigenvalue weighted by Crippen LogP contribution is 2.19. The molecule has 49 heavy (non-hydrogen) atoms. The van der Waals surface area contributed by atoms with E-state index in [4.69, 9.17) is 15.2 Å². The molecular weight excluding hydrogens is 656 g/mol. The number of nitrogens with two attached hydrogens (primary N) is 1. The molecule has 18 heteroatoms. The minimum Gasteiger partial charge on any atom is -0.480 e. The third-order valence-corrected chi connectivity index (χ3v) is 7.99.